The topological polar surface area (TPSA) is 108 Å². The average molecular weight is 538 g/mol. The SMILES string of the molecule is COc1ccc(Cn2cc3nc4c(-c5ccc(-c6ccc(Cl)nc6)nc5)cccc4c(N)c3c2O)cc1OC. The molecule has 8 nitrogen and oxygen atoms in total. The maximum absolute atomic E-state index is 11.1. The number of hydrogen-bond acceptors (Lipinski definition) is 7. The third-order valence-electron chi connectivity index (χ3n) is 6.76. The summed E-state index contributed by atoms with van der Waals surface area (Å²) in [5.41, 5.74) is 12.8. The molecule has 9 heteroatoms. The lowest BCUT2D eigenvalue weighted by Crippen LogP contribution is -1.99. The standard InChI is InChI=1S/C30H24ClN5O3/c1-38-24-10-6-17(12-25(24)39-2)15-36-16-23-27(30(36)37)28(32)21-5-3-4-20(29(21)35-23)18-7-9-22(33-13-18)19-8-11-26(31)34-14-19/h3-14,16,37H,15,32H2,1-2H3. The van der Waals surface area contributed by atoms with Gasteiger partial charge in [-0.3, -0.25) is 4.98 Å². The number of anilines is 1. The Morgan fingerprint density at radius 2 is 1.72 bits per heavy atom. The van der Waals surface area contributed by atoms with E-state index in [0.29, 0.717) is 39.8 Å². The highest BCUT2D eigenvalue weighted by atomic mass is 35.5. The number of para-hydroxylation sites is 1. The number of hydrogen-bond donors (Lipinski definition) is 2. The highest BCUT2D eigenvalue weighted by Crippen LogP contribution is 2.39. The number of benzene rings is 2. The quantitative estimate of drug-likeness (QED) is 0.239. The van der Waals surface area contributed by atoms with Gasteiger partial charge in [0.05, 0.1) is 48.6 Å². The van der Waals surface area contributed by atoms with Crippen LogP contribution in [0.5, 0.6) is 17.4 Å². The van der Waals surface area contributed by atoms with Crippen LogP contribution in [0.3, 0.4) is 0 Å². The van der Waals surface area contributed by atoms with E-state index >= 15 is 0 Å². The van der Waals surface area contributed by atoms with Crippen molar-refractivity contribution in [2.75, 3.05) is 20.0 Å². The van der Waals surface area contributed by atoms with Crippen LogP contribution in [0.25, 0.3) is 44.2 Å². The Morgan fingerprint density at radius 1 is 0.923 bits per heavy atom. The lowest BCUT2D eigenvalue weighted by Gasteiger charge is -2.11. The number of nitrogen functional groups attached to an aromatic ring is 1. The minimum atomic E-state index is 0.0553. The number of nitrogens with zero attached hydrogens (tertiary/aromatic N) is 4. The summed E-state index contributed by atoms with van der Waals surface area (Å²) in [6.45, 7) is 0.399. The van der Waals surface area contributed by atoms with Gasteiger partial charge in [0, 0.05) is 40.7 Å². The Bertz CT molecular complexity index is 1830. The summed E-state index contributed by atoms with van der Waals surface area (Å²) in [6, 6.07) is 19.0. The van der Waals surface area contributed by atoms with Crippen molar-refractivity contribution in [3.63, 3.8) is 0 Å². The minimum absolute atomic E-state index is 0.0553. The molecular formula is C30H24ClN5O3. The number of methoxy groups -OCH3 is 2. The lowest BCUT2D eigenvalue weighted by molar-refractivity contribution is 0.354. The van der Waals surface area contributed by atoms with Crippen molar-refractivity contribution >= 4 is 39.1 Å². The molecule has 4 aromatic heterocycles. The van der Waals surface area contributed by atoms with Crippen LogP contribution >= 0.6 is 11.6 Å². The second kappa shape index (κ2) is 9.81. The Morgan fingerprint density at radius 3 is 2.44 bits per heavy atom. The zero-order valence-corrected chi connectivity index (χ0v) is 22.0. The number of pyridine rings is 3. The monoisotopic (exact) mass is 537 g/mol. The Hall–Kier alpha value is -4.82. The molecule has 0 aliphatic rings. The van der Waals surface area contributed by atoms with E-state index in [1.54, 1.807) is 37.2 Å². The third kappa shape index (κ3) is 4.34. The fourth-order valence-corrected chi connectivity index (χ4v) is 4.90. The second-order valence-corrected chi connectivity index (χ2v) is 9.45. The first kappa shape index (κ1) is 24.5. The van der Waals surface area contributed by atoms with Crippen LogP contribution in [0.4, 0.5) is 5.69 Å². The number of ether oxygens (including phenoxy) is 2. The van der Waals surface area contributed by atoms with Crippen molar-refractivity contribution in [3.05, 3.63) is 90.0 Å². The van der Waals surface area contributed by atoms with Gasteiger partial charge in [-0.2, -0.15) is 0 Å². The number of rotatable bonds is 6. The van der Waals surface area contributed by atoms with E-state index in [4.69, 9.17) is 31.8 Å². The van der Waals surface area contributed by atoms with Crippen LogP contribution in [0.2, 0.25) is 5.15 Å². The van der Waals surface area contributed by atoms with Gasteiger partial charge in [0.15, 0.2) is 11.5 Å². The van der Waals surface area contributed by atoms with Crippen molar-refractivity contribution in [2.24, 2.45) is 0 Å². The highest BCUT2D eigenvalue weighted by Gasteiger charge is 2.18. The molecule has 0 bridgehead atoms. The summed E-state index contributed by atoms with van der Waals surface area (Å²) in [5, 5.41) is 12.8. The van der Waals surface area contributed by atoms with E-state index in [0.717, 1.165) is 38.9 Å². The Kier molecular flexibility index (Phi) is 6.17. The predicted molar refractivity (Wildman–Crippen MR) is 153 cm³/mol. The fraction of sp³-hybridized carbons (Fsp3) is 0.100. The fourth-order valence-electron chi connectivity index (χ4n) is 4.79. The lowest BCUT2D eigenvalue weighted by atomic mass is 10.0. The van der Waals surface area contributed by atoms with Gasteiger partial charge in [-0.15, -0.1) is 0 Å². The minimum Gasteiger partial charge on any atom is -0.494 e. The molecule has 0 amide bonds. The number of aromatic hydroxyl groups is 1. The zero-order chi connectivity index (χ0) is 27.1. The van der Waals surface area contributed by atoms with E-state index < -0.39 is 0 Å². The van der Waals surface area contributed by atoms with Gasteiger partial charge in [0.25, 0.3) is 0 Å². The number of aromatic nitrogens is 4. The summed E-state index contributed by atoms with van der Waals surface area (Å²) in [7, 11) is 3.19. The van der Waals surface area contributed by atoms with Crippen molar-refractivity contribution in [3.8, 4) is 39.8 Å². The van der Waals surface area contributed by atoms with Crippen molar-refractivity contribution in [1.29, 1.82) is 0 Å². The van der Waals surface area contributed by atoms with Crippen LogP contribution in [0.15, 0.2) is 79.3 Å². The Balaban J connectivity index is 1.41. The van der Waals surface area contributed by atoms with E-state index in [1.165, 1.54) is 0 Å². The van der Waals surface area contributed by atoms with Crippen LogP contribution < -0.4 is 15.2 Å². The third-order valence-corrected chi connectivity index (χ3v) is 6.98. The van der Waals surface area contributed by atoms with Gasteiger partial charge in [0.1, 0.15) is 5.15 Å². The molecule has 0 fully saturated rings. The van der Waals surface area contributed by atoms with Crippen molar-refractivity contribution in [1.82, 2.24) is 19.5 Å². The number of fused-ring (bicyclic) bond motifs is 2. The number of halogens is 1. The van der Waals surface area contributed by atoms with Gasteiger partial charge >= 0.3 is 0 Å². The summed E-state index contributed by atoms with van der Waals surface area (Å²) in [6.07, 6.45) is 5.31. The van der Waals surface area contributed by atoms with Gasteiger partial charge in [-0.1, -0.05) is 41.9 Å². The molecular weight excluding hydrogens is 514 g/mol. The molecule has 6 rings (SSSR count). The van der Waals surface area contributed by atoms with Crippen LogP contribution in [0, 0.1) is 0 Å². The van der Waals surface area contributed by atoms with Gasteiger partial charge in [0.2, 0.25) is 5.88 Å². The van der Waals surface area contributed by atoms with E-state index in [1.807, 2.05) is 60.8 Å². The molecule has 194 valence electrons. The normalized spacial score (nSPS) is 11.3. The predicted octanol–water partition coefficient (Wildman–Crippen LogP) is 6.32. The number of nitrogens with two attached hydrogens (primary N) is 1. The molecule has 6 aromatic rings. The molecule has 3 N–H and O–H groups in total. The largest absolute Gasteiger partial charge is 0.494 e. The van der Waals surface area contributed by atoms with Crippen molar-refractivity contribution < 1.29 is 14.6 Å². The van der Waals surface area contributed by atoms with E-state index in [2.05, 4.69) is 9.97 Å². The summed E-state index contributed by atoms with van der Waals surface area (Å²) >= 11 is 5.91. The molecule has 0 atom stereocenters. The summed E-state index contributed by atoms with van der Waals surface area (Å²) < 4.78 is 12.5. The van der Waals surface area contributed by atoms with Crippen molar-refractivity contribution in [2.45, 2.75) is 6.54 Å². The van der Waals surface area contributed by atoms with E-state index in [-0.39, 0.29) is 5.88 Å². The molecule has 0 aliphatic carbocycles. The zero-order valence-electron chi connectivity index (χ0n) is 21.2. The van der Waals surface area contributed by atoms with Crippen LogP contribution in [0.1, 0.15) is 5.56 Å². The molecule has 0 saturated heterocycles. The molecule has 0 saturated carbocycles. The first-order valence-electron chi connectivity index (χ1n) is 12.2. The summed E-state index contributed by atoms with van der Waals surface area (Å²) in [5.74, 6) is 1.31. The van der Waals surface area contributed by atoms with Crippen LogP contribution in [-0.2, 0) is 6.54 Å². The van der Waals surface area contributed by atoms with Gasteiger partial charge in [-0.05, 0) is 35.9 Å². The molecule has 0 radical (unpaired) electrons. The molecule has 4 heterocycles. The molecule has 2 aromatic carbocycles. The first-order valence-corrected chi connectivity index (χ1v) is 12.5. The van der Waals surface area contributed by atoms with E-state index in [9.17, 15) is 5.11 Å². The maximum Gasteiger partial charge on any atom is 0.203 e. The molecule has 0 unspecified atom stereocenters. The molecule has 0 aliphatic heterocycles. The first-order chi connectivity index (χ1) is 19.0. The van der Waals surface area contributed by atoms with Gasteiger partial charge < -0.3 is 24.9 Å². The summed E-state index contributed by atoms with van der Waals surface area (Å²) in [4.78, 5) is 13.7. The highest BCUT2D eigenvalue weighted by molar-refractivity contribution is 6.29. The molecule has 39 heavy (non-hydrogen) atoms. The second-order valence-electron chi connectivity index (χ2n) is 9.06. The van der Waals surface area contributed by atoms with Crippen LogP contribution in [-0.4, -0.2) is 38.8 Å². The smallest absolute Gasteiger partial charge is 0.203 e. The average Bonchev–Trinajstić information content (AvgIpc) is 3.28. The maximum atomic E-state index is 11.1. The Labute approximate surface area is 229 Å². The van der Waals surface area contributed by atoms with Gasteiger partial charge in [-0.25, -0.2) is 9.97 Å². The molecule has 0 spiro atoms.